The van der Waals surface area contributed by atoms with Crippen LogP contribution in [0.25, 0.3) is 63.6 Å². The molecule has 0 atom stereocenters. The van der Waals surface area contributed by atoms with Crippen molar-refractivity contribution in [1.29, 1.82) is 0 Å². The molecule has 0 spiro atoms. The topological polar surface area (TPSA) is 3.24 Å². The van der Waals surface area contributed by atoms with Gasteiger partial charge in [0.2, 0.25) is 0 Å². The summed E-state index contributed by atoms with van der Waals surface area (Å²) in [6, 6.07) is 59.7. The van der Waals surface area contributed by atoms with Gasteiger partial charge < -0.3 is 4.90 Å². The average Bonchev–Trinajstić information content (AvgIpc) is 3.49. The summed E-state index contributed by atoms with van der Waals surface area (Å²) >= 11 is 1.89. The molecule has 0 aliphatic heterocycles. The normalized spacial score (nSPS) is 11.6. The van der Waals surface area contributed by atoms with Crippen molar-refractivity contribution in [3.8, 4) is 11.1 Å². The molecule has 44 heavy (non-hydrogen) atoms. The fourth-order valence-electron chi connectivity index (χ4n) is 6.73. The van der Waals surface area contributed by atoms with Gasteiger partial charge in [-0.05, 0) is 79.8 Å². The van der Waals surface area contributed by atoms with E-state index in [0.717, 1.165) is 11.4 Å². The van der Waals surface area contributed by atoms with E-state index in [2.05, 4.69) is 169 Å². The zero-order valence-corrected chi connectivity index (χ0v) is 24.8. The Bertz CT molecular complexity index is 2510. The van der Waals surface area contributed by atoms with Gasteiger partial charge in [-0.25, -0.2) is 0 Å². The largest absolute Gasteiger partial charge is 0.310 e. The van der Waals surface area contributed by atoms with Gasteiger partial charge in [-0.1, -0.05) is 127 Å². The lowest BCUT2D eigenvalue weighted by Gasteiger charge is -2.27. The average molecular weight is 578 g/mol. The summed E-state index contributed by atoms with van der Waals surface area (Å²) in [7, 11) is 0. The van der Waals surface area contributed by atoms with Crippen LogP contribution in [0.5, 0.6) is 0 Å². The second kappa shape index (κ2) is 10.1. The van der Waals surface area contributed by atoms with Crippen molar-refractivity contribution in [1.82, 2.24) is 0 Å². The molecule has 0 saturated carbocycles. The number of benzene rings is 8. The number of hydrogen-bond acceptors (Lipinski definition) is 2. The van der Waals surface area contributed by atoms with E-state index in [1.165, 1.54) is 69.3 Å². The molecule has 0 aliphatic carbocycles. The molecule has 206 valence electrons. The van der Waals surface area contributed by atoms with Gasteiger partial charge in [0.25, 0.3) is 0 Å². The SMILES string of the molecule is c1ccc(-c2cccc(N(c3ccc4ccc5ccccc5c4c3)c3cccc4sc5c6ccccc6ccc5c34)c2)cc1. The highest BCUT2D eigenvalue weighted by Crippen LogP contribution is 2.47. The predicted molar refractivity (Wildman–Crippen MR) is 192 cm³/mol. The third-order valence-electron chi connectivity index (χ3n) is 8.81. The summed E-state index contributed by atoms with van der Waals surface area (Å²) in [5.74, 6) is 0. The summed E-state index contributed by atoms with van der Waals surface area (Å²) in [6.07, 6.45) is 0. The Labute approximate surface area is 259 Å². The molecule has 0 N–H and O–H groups in total. The van der Waals surface area contributed by atoms with Crippen molar-refractivity contribution in [2.45, 2.75) is 0 Å². The van der Waals surface area contributed by atoms with E-state index < -0.39 is 0 Å². The Balaban J connectivity index is 1.35. The molecule has 1 heterocycles. The van der Waals surface area contributed by atoms with E-state index in [9.17, 15) is 0 Å². The fourth-order valence-corrected chi connectivity index (χ4v) is 7.99. The molecule has 1 nitrogen and oxygen atoms in total. The highest BCUT2D eigenvalue weighted by molar-refractivity contribution is 7.26. The quantitative estimate of drug-likeness (QED) is 0.188. The number of hydrogen-bond donors (Lipinski definition) is 0. The first kappa shape index (κ1) is 25.1. The van der Waals surface area contributed by atoms with Crippen molar-refractivity contribution in [2.24, 2.45) is 0 Å². The van der Waals surface area contributed by atoms with Crippen LogP contribution >= 0.6 is 11.3 Å². The van der Waals surface area contributed by atoms with Gasteiger partial charge in [-0.2, -0.15) is 0 Å². The predicted octanol–water partition coefficient (Wildman–Crippen LogP) is 12.7. The molecular weight excluding hydrogens is 551 g/mol. The van der Waals surface area contributed by atoms with Crippen LogP contribution in [-0.2, 0) is 0 Å². The lowest BCUT2D eigenvalue weighted by atomic mass is 10.00. The molecule has 0 radical (unpaired) electrons. The van der Waals surface area contributed by atoms with Crippen LogP contribution in [0.15, 0.2) is 164 Å². The van der Waals surface area contributed by atoms with E-state index in [-0.39, 0.29) is 0 Å². The first-order valence-electron chi connectivity index (χ1n) is 15.0. The van der Waals surface area contributed by atoms with Crippen LogP contribution in [-0.4, -0.2) is 0 Å². The summed E-state index contributed by atoms with van der Waals surface area (Å²) in [4.78, 5) is 2.46. The van der Waals surface area contributed by atoms with Gasteiger partial charge in [-0.15, -0.1) is 11.3 Å². The maximum absolute atomic E-state index is 2.46. The highest BCUT2D eigenvalue weighted by Gasteiger charge is 2.20. The number of fused-ring (bicyclic) bond motifs is 8. The van der Waals surface area contributed by atoms with Crippen molar-refractivity contribution in [3.05, 3.63) is 164 Å². The number of nitrogens with zero attached hydrogens (tertiary/aromatic N) is 1. The van der Waals surface area contributed by atoms with Crippen molar-refractivity contribution < 1.29 is 0 Å². The van der Waals surface area contributed by atoms with Crippen LogP contribution in [0.2, 0.25) is 0 Å². The van der Waals surface area contributed by atoms with Crippen molar-refractivity contribution in [3.63, 3.8) is 0 Å². The van der Waals surface area contributed by atoms with Gasteiger partial charge in [0.1, 0.15) is 0 Å². The minimum Gasteiger partial charge on any atom is -0.310 e. The van der Waals surface area contributed by atoms with Crippen LogP contribution in [0.4, 0.5) is 17.1 Å². The summed E-state index contributed by atoms with van der Waals surface area (Å²) < 4.78 is 2.64. The number of rotatable bonds is 4. The van der Waals surface area contributed by atoms with Gasteiger partial charge >= 0.3 is 0 Å². The molecule has 9 aromatic rings. The standard InChI is InChI=1S/C42H27NS/c1-2-10-28(11-3-1)32-14-8-15-33(26-32)43(34-24-22-31-21-20-29-12-4-6-16-35(29)38(31)27-34)39-18-9-19-40-41(39)37-25-23-30-13-5-7-17-36(30)42(37)44-40/h1-27H. The molecule has 0 bridgehead atoms. The van der Waals surface area contributed by atoms with Crippen LogP contribution in [0.1, 0.15) is 0 Å². The van der Waals surface area contributed by atoms with Gasteiger partial charge in [0.15, 0.2) is 0 Å². The summed E-state index contributed by atoms with van der Waals surface area (Å²) in [6.45, 7) is 0. The first-order valence-corrected chi connectivity index (χ1v) is 15.8. The third-order valence-corrected chi connectivity index (χ3v) is 10.0. The van der Waals surface area contributed by atoms with Gasteiger partial charge in [-0.3, -0.25) is 0 Å². The number of anilines is 3. The Morgan fingerprint density at radius 3 is 1.89 bits per heavy atom. The molecule has 9 rings (SSSR count). The van der Waals surface area contributed by atoms with E-state index in [0.29, 0.717) is 0 Å². The van der Waals surface area contributed by atoms with Gasteiger partial charge in [0.05, 0.1) is 5.69 Å². The van der Waals surface area contributed by atoms with Crippen LogP contribution in [0.3, 0.4) is 0 Å². The molecule has 0 fully saturated rings. The Kier molecular flexibility index (Phi) is 5.75. The lowest BCUT2D eigenvalue weighted by molar-refractivity contribution is 1.31. The monoisotopic (exact) mass is 577 g/mol. The van der Waals surface area contributed by atoms with Gasteiger partial charge in [0, 0.05) is 31.5 Å². The second-order valence-electron chi connectivity index (χ2n) is 11.4. The maximum atomic E-state index is 2.46. The smallest absolute Gasteiger partial charge is 0.0554 e. The van der Waals surface area contributed by atoms with E-state index in [4.69, 9.17) is 0 Å². The van der Waals surface area contributed by atoms with Crippen molar-refractivity contribution in [2.75, 3.05) is 4.90 Å². The first-order chi connectivity index (χ1) is 21.8. The molecule has 2 heteroatoms. The van der Waals surface area contributed by atoms with Crippen LogP contribution in [0, 0.1) is 0 Å². The molecule has 1 aromatic heterocycles. The minimum atomic E-state index is 1.14. The van der Waals surface area contributed by atoms with E-state index in [1.54, 1.807) is 0 Å². The molecule has 0 amide bonds. The Hall–Kier alpha value is -5.44. The molecule has 0 aliphatic rings. The van der Waals surface area contributed by atoms with Crippen molar-refractivity contribution >= 4 is 80.9 Å². The zero-order valence-electron chi connectivity index (χ0n) is 23.9. The highest BCUT2D eigenvalue weighted by atomic mass is 32.1. The summed E-state index contributed by atoms with van der Waals surface area (Å²) in [5, 5.41) is 10.2. The summed E-state index contributed by atoms with van der Waals surface area (Å²) in [5.41, 5.74) is 5.89. The van der Waals surface area contributed by atoms with E-state index >= 15 is 0 Å². The lowest BCUT2D eigenvalue weighted by Crippen LogP contribution is -2.10. The molecule has 0 unspecified atom stereocenters. The molecule has 8 aromatic carbocycles. The fraction of sp³-hybridized carbons (Fsp3) is 0. The minimum absolute atomic E-state index is 1.14. The second-order valence-corrected chi connectivity index (χ2v) is 12.4. The molecule has 0 saturated heterocycles. The third kappa shape index (κ3) is 4.00. The van der Waals surface area contributed by atoms with Crippen LogP contribution < -0.4 is 4.90 Å². The Morgan fingerprint density at radius 1 is 0.386 bits per heavy atom. The number of thiophene rings is 1. The van der Waals surface area contributed by atoms with E-state index in [1.807, 2.05) is 11.3 Å². The zero-order chi connectivity index (χ0) is 29.0. The Morgan fingerprint density at radius 2 is 1.02 bits per heavy atom. The maximum Gasteiger partial charge on any atom is 0.0554 e. The molecular formula is C42H27NS.